The second-order valence-electron chi connectivity index (χ2n) is 7.99. The SMILES string of the molecule is COc1ccc(C2C3CCCCC3(O)CCN2Cc2ccccc2Cl)cc1. The van der Waals surface area contributed by atoms with Gasteiger partial charge < -0.3 is 9.84 Å². The molecule has 1 saturated heterocycles. The number of hydrogen-bond donors (Lipinski definition) is 1. The van der Waals surface area contributed by atoms with E-state index in [1.807, 2.05) is 30.3 Å². The number of ether oxygens (including phenoxy) is 1. The lowest BCUT2D eigenvalue weighted by Gasteiger charge is -2.53. The zero-order chi connectivity index (χ0) is 18.9. The molecule has 1 aliphatic heterocycles. The maximum atomic E-state index is 11.4. The Hall–Kier alpha value is -1.55. The summed E-state index contributed by atoms with van der Waals surface area (Å²) in [7, 11) is 1.69. The molecule has 0 spiro atoms. The van der Waals surface area contributed by atoms with E-state index in [2.05, 4.69) is 23.1 Å². The van der Waals surface area contributed by atoms with E-state index >= 15 is 0 Å². The number of likely N-dealkylation sites (tertiary alicyclic amines) is 1. The first kappa shape index (κ1) is 18.8. The highest BCUT2D eigenvalue weighted by atomic mass is 35.5. The summed E-state index contributed by atoms with van der Waals surface area (Å²) in [6.45, 7) is 1.69. The van der Waals surface area contributed by atoms with Gasteiger partial charge in [0.2, 0.25) is 0 Å². The Morgan fingerprint density at radius 1 is 1.11 bits per heavy atom. The van der Waals surface area contributed by atoms with Gasteiger partial charge in [0.1, 0.15) is 5.75 Å². The monoisotopic (exact) mass is 385 g/mol. The van der Waals surface area contributed by atoms with Crippen LogP contribution in [0.15, 0.2) is 48.5 Å². The maximum Gasteiger partial charge on any atom is 0.118 e. The Kier molecular flexibility index (Phi) is 5.45. The molecule has 3 atom stereocenters. The highest BCUT2D eigenvalue weighted by Crippen LogP contribution is 2.49. The molecular formula is C23H28ClNO2. The molecule has 3 nitrogen and oxygen atoms in total. The van der Waals surface area contributed by atoms with Crippen molar-refractivity contribution in [3.05, 3.63) is 64.7 Å². The van der Waals surface area contributed by atoms with Crippen LogP contribution in [-0.2, 0) is 6.54 Å². The summed E-state index contributed by atoms with van der Waals surface area (Å²) in [5.41, 5.74) is 1.87. The summed E-state index contributed by atoms with van der Waals surface area (Å²) >= 11 is 6.45. The lowest BCUT2D eigenvalue weighted by molar-refractivity contribution is -0.126. The van der Waals surface area contributed by atoms with Crippen LogP contribution in [0.25, 0.3) is 0 Å². The summed E-state index contributed by atoms with van der Waals surface area (Å²) in [5.74, 6) is 1.13. The number of piperidine rings is 1. The molecule has 2 fully saturated rings. The normalized spacial score (nSPS) is 28.6. The first-order valence-electron chi connectivity index (χ1n) is 9.94. The summed E-state index contributed by atoms with van der Waals surface area (Å²) in [5, 5.41) is 12.2. The molecule has 144 valence electrons. The van der Waals surface area contributed by atoms with Gasteiger partial charge in [0.05, 0.1) is 12.7 Å². The molecule has 1 saturated carbocycles. The van der Waals surface area contributed by atoms with E-state index in [9.17, 15) is 5.11 Å². The minimum absolute atomic E-state index is 0.200. The van der Waals surface area contributed by atoms with Crippen molar-refractivity contribution in [3.63, 3.8) is 0 Å². The molecule has 0 radical (unpaired) electrons. The van der Waals surface area contributed by atoms with Crippen LogP contribution in [0, 0.1) is 5.92 Å². The van der Waals surface area contributed by atoms with E-state index in [0.29, 0.717) is 0 Å². The van der Waals surface area contributed by atoms with Crippen LogP contribution < -0.4 is 4.74 Å². The fraction of sp³-hybridized carbons (Fsp3) is 0.478. The molecule has 0 aromatic heterocycles. The zero-order valence-electron chi connectivity index (χ0n) is 15.9. The third-order valence-corrected chi connectivity index (χ3v) is 6.83. The van der Waals surface area contributed by atoms with Gasteiger partial charge in [-0.15, -0.1) is 0 Å². The molecular weight excluding hydrogens is 358 g/mol. The van der Waals surface area contributed by atoms with Crippen LogP contribution in [0.3, 0.4) is 0 Å². The molecule has 27 heavy (non-hydrogen) atoms. The highest BCUT2D eigenvalue weighted by Gasteiger charge is 2.48. The molecule has 1 aliphatic carbocycles. The zero-order valence-corrected chi connectivity index (χ0v) is 16.7. The van der Waals surface area contributed by atoms with Crippen molar-refractivity contribution in [2.24, 2.45) is 5.92 Å². The predicted molar refractivity (Wildman–Crippen MR) is 109 cm³/mol. The summed E-state index contributed by atoms with van der Waals surface area (Å²) in [6, 6.07) is 16.7. The Morgan fingerprint density at radius 3 is 2.63 bits per heavy atom. The number of rotatable bonds is 4. The van der Waals surface area contributed by atoms with E-state index in [0.717, 1.165) is 55.1 Å². The van der Waals surface area contributed by atoms with Crippen LogP contribution in [0.5, 0.6) is 5.75 Å². The molecule has 1 N–H and O–H groups in total. The number of methoxy groups -OCH3 is 1. The molecule has 2 aliphatic rings. The quantitative estimate of drug-likeness (QED) is 0.783. The van der Waals surface area contributed by atoms with Crippen LogP contribution in [-0.4, -0.2) is 29.3 Å². The van der Waals surface area contributed by atoms with Gasteiger partial charge in [-0.3, -0.25) is 4.90 Å². The van der Waals surface area contributed by atoms with E-state index < -0.39 is 5.60 Å². The third kappa shape index (κ3) is 3.73. The largest absolute Gasteiger partial charge is 0.497 e. The van der Waals surface area contributed by atoms with Crippen molar-refractivity contribution in [2.45, 2.75) is 50.3 Å². The van der Waals surface area contributed by atoms with Gasteiger partial charge in [-0.25, -0.2) is 0 Å². The van der Waals surface area contributed by atoms with Crippen molar-refractivity contribution in [1.82, 2.24) is 4.90 Å². The van der Waals surface area contributed by atoms with Gasteiger partial charge in [0, 0.05) is 30.1 Å². The van der Waals surface area contributed by atoms with Crippen LogP contribution in [0.2, 0.25) is 5.02 Å². The Balaban J connectivity index is 1.69. The highest BCUT2D eigenvalue weighted by molar-refractivity contribution is 6.31. The topological polar surface area (TPSA) is 32.7 Å². The van der Waals surface area contributed by atoms with E-state index in [1.54, 1.807) is 7.11 Å². The van der Waals surface area contributed by atoms with Crippen molar-refractivity contribution >= 4 is 11.6 Å². The number of aliphatic hydroxyl groups is 1. The standard InChI is InChI=1S/C23H28ClNO2/c1-27-19-11-9-17(10-12-19)22-20-7-4-5-13-23(20,26)14-15-25(22)16-18-6-2-3-8-21(18)24/h2-3,6,8-12,20,22,26H,4-5,7,13-16H2,1H3. The van der Waals surface area contributed by atoms with Crippen LogP contribution in [0.4, 0.5) is 0 Å². The molecule has 3 unspecified atom stereocenters. The van der Waals surface area contributed by atoms with E-state index in [4.69, 9.17) is 16.3 Å². The molecule has 0 amide bonds. The van der Waals surface area contributed by atoms with Gasteiger partial charge in [-0.05, 0) is 48.6 Å². The Morgan fingerprint density at radius 2 is 1.89 bits per heavy atom. The minimum atomic E-state index is -0.542. The number of halogens is 1. The van der Waals surface area contributed by atoms with Gasteiger partial charge in [0.25, 0.3) is 0 Å². The lowest BCUT2D eigenvalue weighted by atomic mass is 9.66. The molecule has 4 heteroatoms. The first-order valence-corrected chi connectivity index (χ1v) is 10.3. The molecule has 2 aromatic carbocycles. The number of nitrogens with zero attached hydrogens (tertiary/aromatic N) is 1. The molecule has 2 aromatic rings. The third-order valence-electron chi connectivity index (χ3n) is 6.46. The second kappa shape index (κ2) is 7.83. The molecule has 1 heterocycles. The maximum absolute atomic E-state index is 11.4. The average Bonchev–Trinajstić information content (AvgIpc) is 2.70. The molecule has 4 rings (SSSR count). The molecule has 0 bridgehead atoms. The van der Waals surface area contributed by atoms with Crippen LogP contribution >= 0.6 is 11.6 Å². The first-order chi connectivity index (χ1) is 13.1. The summed E-state index contributed by atoms with van der Waals surface area (Å²) < 4.78 is 5.34. The van der Waals surface area contributed by atoms with E-state index in [1.165, 1.54) is 12.0 Å². The van der Waals surface area contributed by atoms with Crippen molar-refractivity contribution in [2.75, 3.05) is 13.7 Å². The van der Waals surface area contributed by atoms with Gasteiger partial charge in [-0.2, -0.15) is 0 Å². The fourth-order valence-corrected chi connectivity index (χ4v) is 5.20. The van der Waals surface area contributed by atoms with Gasteiger partial charge in [-0.1, -0.05) is 54.8 Å². The Labute approximate surface area is 166 Å². The summed E-state index contributed by atoms with van der Waals surface area (Å²) in [4.78, 5) is 2.51. The van der Waals surface area contributed by atoms with Gasteiger partial charge in [0.15, 0.2) is 0 Å². The minimum Gasteiger partial charge on any atom is -0.497 e. The van der Waals surface area contributed by atoms with Crippen LogP contribution in [0.1, 0.15) is 49.3 Å². The number of hydrogen-bond acceptors (Lipinski definition) is 3. The Bertz CT molecular complexity index is 778. The summed E-state index contributed by atoms with van der Waals surface area (Å²) in [6.07, 6.45) is 5.16. The van der Waals surface area contributed by atoms with Crippen molar-refractivity contribution in [3.8, 4) is 5.75 Å². The smallest absolute Gasteiger partial charge is 0.118 e. The lowest BCUT2D eigenvalue weighted by Crippen LogP contribution is -2.54. The number of benzene rings is 2. The number of fused-ring (bicyclic) bond motifs is 1. The second-order valence-corrected chi connectivity index (χ2v) is 8.39. The van der Waals surface area contributed by atoms with Gasteiger partial charge >= 0.3 is 0 Å². The fourth-order valence-electron chi connectivity index (χ4n) is 5.01. The van der Waals surface area contributed by atoms with Crippen molar-refractivity contribution < 1.29 is 9.84 Å². The average molecular weight is 386 g/mol. The van der Waals surface area contributed by atoms with Crippen molar-refractivity contribution in [1.29, 1.82) is 0 Å². The van der Waals surface area contributed by atoms with E-state index in [-0.39, 0.29) is 12.0 Å². The predicted octanol–water partition coefficient (Wildman–Crippen LogP) is 5.22.